The lowest BCUT2D eigenvalue weighted by atomic mass is 9.84. The van der Waals surface area contributed by atoms with Gasteiger partial charge in [-0.2, -0.15) is 13.2 Å². The quantitative estimate of drug-likeness (QED) is 0.750. The van der Waals surface area contributed by atoms with Crippen LogP contribution in [0, 0.1) is 5.92 Å². The van der Waals surface area contributed by atoms with E-state index < -0.39 is 12.6 Å². The summed E-state index contributed by atoms with van der Waals surface area (Å²) >= 11 is 0. The highest BCUT2D eigenvalue weighted by Crippen LogP contribution is 2.25. The van der Waals surface area contributed by atoms with Crippen molar-refractivity contribution in [2.75, 3.05) is 6.54 Å². The summed E-state index contributed by atoms with van der Waals surface area (Å²) in [5.41, 5.74) is 5.76. The van der Waals surface area contributed by atoms with Gasteiger partial charge in [0.1, 0.15) is 0 Å². The first-order valence-electron chi connectivity index (χ1n) is 6.46. The van der Waals surface area contributed by atoms with Crippen LogP contribution in [0.4, 0.5) is 13.2 Å². The first kappa shape index (κ1) is 15.3. The van der Waals surface area contributed by atoms with Crippen molar-refractivity contribution in [1.82, 2.24) is 5.32 Å². The molecule has 106 valence electrons. The molecule has 3 N–H and O–H groups in total. The van der Waals surface area contributed by atoms with E-state index >= 15 is 0 Å². The minimum absolute atomic E-state index is 0.0508. The number of carbonyl (C=O) groups is 1. The normalized spacial score (nSPS) is 24.9. The molecular weight excluding hydrogens is 245 g/mol. The number of alkyl halides is 3. The third-order valence-corrected chi connectivity index (χ3v) is 3.32. The number of rotatable bonds is 5. The predicted octanol–water partition coefficient (Wildman–Crippen LogP) is 2.35. The molecule has 1 amide bonds. The Kier molecular flexibility index (Phi) is 5.91. The molecule has 0 radical (unpaired) electrons. The first-order chi connectivity index (χ1) is 8.37. The maximum Gasteiger partial charge on any atom is 0.389 e. The summed E-state index contributed by atoms with van der Waals surface area (Å²) < 4.78 is 35.6. The molecule has 1 aliphatic carbocycles. The number of hydrogen-bond acceptors (Lipinski definition) is 2. The van der Waals surface area contributed by atoms with E-state index in [1.165, 1.54) is 0 Å². The van der Waals surface area contributed by atoms with Crippen molar-refractivity contribution in [3.63, 3.8) is 0 Å². The molecule has 0 heterocycles. The van der Waals surface area contributed by atoms with Gasteiger partial charge in [-0.15, -0.1) is 0 Å². The average Bonchev–Trinajstić information content (AvgIpc) is 2.26. The molecule has 1 rings (SSSR count). The summed E-state index contributed by atoms with van der Waals surface area (Å²) in [5, 5.41) is 2.54. The van der Waals surface area contributed by atoms with Crippen molar-refractivity contribution in [3.8, 4) is 0 Å². The van der Waals surface area contributed by atoms with Crippen LogP contribution in [0.5, 0.6) is 0 Å². The Labute approximate surface area is 105 Å². The molecule has 0 aromatic rings. The van der Waals surface area contributed by atoms with Crippen LogP contribution >= 0.6 is 0 Å². The fourth-order valence-corrected chi connectivity index (χ4v) is 2.24. The van der Waals surface area contributed by atoms with Gasteiger partial charge in [-0.05, 0) is 38.0 Å². The zero-order valence-corrected chi connectivity index (χ0v) is 10.4. The van der Waals surface area contributed by atoms with Crippen LogP contribution in [0.2, 0.25) is 0 Å². The third-order valence-electron chi connectivity index (χ3n) is 3.32. The van der Waals surface area contributed by atoms with Crippen LogP contribution in [0.15, 0.2) is 0 Å². The molecule has 6 heteroatoms. The SMILES string of the molecule is NC1CCC(CC(=O)NCCCC(F)(F)F)CC1. The fraction of sp³-hybridized carbons (Fsp3) is 0.917. The highest BCUT2D eigenvalue weighted by Gasteiger charge is 2.26. The van der Waals surface area contributed by atoms with E-state index in [2.05, 4.69) is 5.32 Å². The van der Waals surface area contributed by atoms with Crippen molar-refractivity contribution < 1.29 is 18.0 Å². The molecule has 0 atom stereocenters. The Hall–Kier alpha value is -0.780. The molecule has 1 saturated carbocycles. The predicted molar refractivity (Wildman–Crippen MR) is 62.8 cm³/mol. The molecule has 0 aromatic carbocycles. The van der Waals surface area contributed by atoms with E-state index in [4.69, 9.17) is 5.73 Å². The second-order valence-electron chi connectivity index (χ2n) is 5.05. The molecule has 3 nitrogen and oxygen atoms in total. The molecule has 1 aliphatic rings. The van der Waals surface area contributed by atoms with E-state index in [9.17, 15) is 18.0 Å². The Morgan fingerprint density at radius 3 is 2.39 bits per heavy atom. The van der Waals surface area contributed by atoms with E-state index in [1.807, 2.05) is 0 Å². The summed E-state index contributed by atoms with van der Waals surface area (Å²) in [5.74, 6) is 0.199. The number of nitrogens with one attached hydrogen (secondary N) is 1. The van der Waals surface area contributed by atoms with Gasteiger partial charge in [0, 0.05) is 25.4 Å². The number of halogens is 3. The van der Waals surface area contributed by atoms with Crippen LogP contribution in [0.3, 0.4) is 0 Å². The summed E-state index contributed by atoms with van der Waals surface area (Å²) in [6, 6.07) is 0.246. The topological polar surface area (TPSA) is 55.1 Å². The molecular formula is C12H21F3N2O. The lowest BCUT2D eigenvalue weighted by Gasteiger charge is -2.25. The van der Waals surface area contributed by atoms with Crippen molar-refractivity contribution in [3.05, 3.63) is 0 Å². The van der Waals surface area contributed by atoms with Crippen molar-refractivity contribution in [2.45, 2.75) is 57.2 Å². The molecule has 1 fully saturated rings. The summed E-state index contributed by atoms with van der Waals surface area (Å²) in [7, 11) is 0. The van der Waals surface area contributed by atoms with E-state index in [0.29, 0.717) is 12.3 Å². The Balaban J connectivity index is 2.07. The fourth-order valence-electron chi connectivity index (χ4n) is 2.24. The average molecular weight is 266 g/mol. The van der Waals surface area contributed by atoms with Crippen LogP contribution < -0.4 is 11.1 Å². The van der Waals surface area contributed by atoms with Crippen molar-refractivity contribution in [2.24, 2.45) is 11.7 Å². The summed E-state index contributed by atoms with van der Waals surface area (Å²) in [6.07, 6.45) is -0.856. The zero-order valence-electron chi connectivity index (χ0n) is 10.4. The lowest BCUT2D eigenvalue weighted by Crippen LogP contribution is -2.31. The van der Waals surface area contributed by atoms with Gasteiger partial charge in [0.2, 0.25) is 5.91 Å². The Morgan fingerprint density at radius 1 is 1.22 bits per heavy atom. The highest BCUT2D eigenvalue weighted by atomic mass is 19.4. The van der Waals surface area contributed by atoms with Gasteiger partial charge in [-0.25, -0.2) is 0 Å². The van der Waals surface area contributed by atoms with Gasteiger partial charge in [0.25, 0.3) is 0 Å². The maximum absolute atomic E-state index is 11.9. The molecule has 0 aliphatic heterocycles. The van der Waals surface area contributed by atoms with Gasteiger partial charge in [0.05, 0.1) is 0 Å². The molecule has 0 aromatic heterocycles. The molecule has 0 unspecified atom stereocenters. The molecule has 0 spiro atoms. The van der Waals surface area contributed by atoms with Crippen LogP contribution in [-0.4, -0.2) is 24.7 Å². The largest absolute Gasteiger partial charge is 0.389 e. The summed E-state index contributed by atoms with van der Waals surface area (Å²) in [6.45, 7) is 0.102. The third kappa shape index (κ3) is 6.83. The number of hydrogen-bond donors (Lipinski definition) is 2. The maximum atomic E-state index is 11.9. The molecule has 0 saturated heterocycles. The lowest BCUT2D eigenvalue weighted by molar-refractivity contribution is -0.136. The van der Waals surface area contributed by atoms with Gasteiger partial charge in [0.15, 0.2) is 0 Å². The van der Waals surface area contributed by atoms with Crippen molar-refractivity contribution >= 4 is 5.91 Å². The summed E-state index contributed by atoms with van der Waals surface area (Å²) in [4.78, 5) is 11.5. The van der Waals surface area contributed by atoms with E-state index in [0.717, 1.165) is 25.7 Å². The van der Waals surface area contributed by atoms with Crippen LogP contribution in [0.1, 0.15) is 44.9 Å². The van der Waals surface area contributed by atoms with Crippen LogP contribution in [-0.2, 0) is 4.79 Å². The monoisotopic (exact) mass is 266 g/mol. The Bertz CT molecular complexity index is 261. The standard InChI is InChI=1S/C12H21F3N2O/c13-12(14,15)6-1-7-17-11(18)8-9-2-4-10(16)5-3-9/h9-10H,1-8,16H2,(H,17,18). The van der Waals surface area contributed by atoms with Gasteiger partial charge >= 0.3 is 6.18 Å². The number of nitrogens with two attached hydrogens (primary N) is 1. The molecule has 18 heavy (non-hydrogen) atoms. The first-order valence-corrected chi connectivity index (χ1v) is 6.46. The van der Waals surface area contributed by atoms with Crippen molar-refractivity contribution in [1.29, 1.82) is 0 Å². The highest BCUT2D eigenvalue weighted by molar-refractivity contribution is 5.76. The van der Waals surface area contributed by atoms with Gasteiger partial charge in [-0.1, -0.05) is 0 Å². The Morgan fingerprint density at radius 2 is 1.83 bits per heavy atom. The number of carbonyl (C=O) groups excluding carboxylic acids is 1. The van der Waals surface area contributed by atoms with Crippen LogP contribution in [0.25, 0.3) is 0 Å². The van der Waals surface area contributed by atoms with Gasteiger partial charge < -0.3 is 11.1 Å². The van der Waals surface area contributed by atoms with E-state index in [1.54, 1.807) is 0 Å². The van der Waals surface area contributed by atoms with Gasteiger partial charge in [-0.3, -0.25) is 4.79 Å². The number of amides is 1. The second-order valence-corrected chi connectivity index (χ2v) is 5.05. The minimum atomic E-state index is -4.13. The smallest absolute Gasteiger partial charge is 0.356 e. The second kappa shape index (κ2) is 6.97. The minimum Gasteiger partial charge on any atom is -0.356 e. The zero-order chi connectivity index (χ0) is 13.6. The molecule has 0 bridgehead atoms. The van der Waals surface area contributed by atoms with E-state index in [-0.39, 0.29) is 24.9 Å².